The molecule has 3 rings (SSSR count). The number of aromatic hydroxyl groups is 2. The number of aliphatic carboxylic acids is 1. The van der Waals surface area contributed by atoms with Gasteiger partial charge in [-0.1, -0.05) is 36.4 Å². The number of hydrogen-bond acceptors (Lipinski definition) is 7. The van der Waals surface area contributed by atoms with Crippen LogP contribution in [0.5, 0.6) is 23.0 Å². The van der Waals surface area contributed by atoms with Gasteiger partial charge in [0.1, 0.15) is 6.61 Å². The van der Waals surface area contributed by atoms with Gasteiger partial charge < -0.3 is 29.5 Å². The molecule has 0 fully saturated rings. The molecule has 0 heterocycles. The highest BCUT2D eigenvalue weighted by Gasteiger charge is 2.22. The van der Waals surface area contributed by atoms with E-state index in [4.69, 9.17) is 14.2 Å². The SMILES string of the molecule is COc1cc(/C=C/C(=O)OCc2ccccc2/C(=C(/F)C(=O)O)c2ccc(O)c(OC)c2)ccc1O. The van der Waals surface area contributed by atoms with Crippen LogP contribution in [0, 0.1) is 0 Å². The second-order valence-corrected chi connectivity index (χ2v) is 7.41. The highest BCUT2D eigenvalue weighted by molar-refractivity contribution is 5.99. The maximum atomic E-state index is 14.9. The van der Waals surface area contributed by atoms with Crippen LogP contribution in [0.3, 0.4) is 0 Å². The minimum absolute atomic E-state index is 0.0306. The maximum Gasteiger partial charge on any atom is 0.365 e. The molecule has 186 valence electrons. The van der Waals surface area contributed by atoms with Gasteiger partial charge in [0.2, 0.25) is 5.83 Å². The second kappa shape index (κ2) is 11.6. The Balaban J connectivity index is 1.89. The molecule has 0 saturated heterocycles. The quantitative estimate of drug-likeness (QED) is 0.289. The van der Waals surface area contributed by atoms with Gasteiger partial charge in [0.05, 0.1) is 14.2 Å². The van der Waals surface area contributed by atoms with Gasteiger partial charge >= 0.3 is 11.9 Å². The summed E-state index contributed by atoms with van der Waals surface area (Å²) >= 11 is 0. The lowest BCUT2D eigenvalue weighted by molar-refractivity contribution is -0.139. The van der Waals surface area contributed by atoms with E-state index in [2.05, 4.69) is 0 Å². The van der Waals surface area contributed by atoms with Crippen LogP contribution in [0.1, 0.15) is 22.3 Å². The van der Waals surface area contributed by atoms with Gasteiger partial charge in [-0.3, -0.25) is 0 Å². The van der Waals surface area contributed by atoms with E-state index in [0.717, 1.165) is 0 Å². The molecule has 3 aromatic carbocycles. The molecular formula is C27H23FO8. The van der Waals surface area contributed by atoms with E-state index in [1.165, 1.54) is 62.8 Å². The Labute approximate surface area is 206 Å². The molecule has 3 N–H and O–H groups in total. The van der Waals surface area contributed by atoms with E-state index >= 15 is 0 Å². The van der Waals surface area contributed by atoms with Gasteiger partial charge in [0, 0.05) is 11.6 Å². The van der Waals surface area contributed by atoms with Crippen molar-refractivity contribution in [1.29, 1.82) is 0 Å². The van der Waals surface area contributed by atoms with Gasteiger partial charge in [-0.15, -0.1) is 0 Å². The fourth-order valence-corrected chi connectivity index (χ4v) is 3.39. The fraction of sp³-hybridized carbons (Fsp3) is 0.111. The predicted molar refractivity (Wildman–Crippen MR) is 129 cm³/mol. The molecule has 0 bridgehead atoms. The zero-order valence-electron chi connectivity index (χ0n) is 19.4. The molecule has 0 spiro atoms. The van der Waals surface area contributed by atoms with Crippen LogP contribution in [0.25, 0.3) is 11.6 Å². The predicted octanol–water partition coefficient (Wildman–Crippen LogP) is 4.69. The topological polar surface area (TPSA) is 123 Å². The summed E-state index contributed by atoms with van der Waals surface area (Å²) in [5.41, 5.74) is 0.995. The number of halogens is 1. The first-order valence-electron chi connectivity index (χ1n) is 10.6. The van der Waals surface area contributed by atoms with E-state index in [0.29, 0.717) is 11.1 Å². The summed E-state index contributed by atoms with van der Waals surface area (Å²) in [6, 6.07) is 14.8. The first-order valence-corrected chi connectivity index (χ1v) is 10.6. The highest BCUT2D eigenvalue weighted by atomic mass is 19.1. The highest BCUT2D eigenvalue weighted by Crippen LogP contribution is 2.36. The molecule has 36 heavy (non-hydrogen) atoms. The zero-order chi connectivity index (χ0) is 26.2. The summed E-state index contributed by atoms with van der Waals surface area (Å²) in [5, 5.41) is 28.9. The second-order valence-electron chi connectivity index (χ2n) is 7.41. The first kappa shape index (κ1) is 25.8. The van der Waals surface area contributed by atoms with Crippen molar-refractivity contribution in [3.8, 4) is 23.0 Å². The molecule has 0 aliphatic carbocycles. The van der Waals surface area contributed by atoms with Crippen LogP contribution in [0.2, 0.25) is 0 Å². The molecule has 0 radical (unpaired) electrons. The molecule has 0 atom stereocenters. The third-order valence-electron chi connectivity index (χ3n) is 5.15. The average Bonchev–Trinajstić information content (AvgIpc) is 2.88. The summed E-state index contributed by atoms with van der Waals surface area (Å²) in [4.78, 5) is 23.9. The lowest BCUT2D eigenvalue weighted by Crippen LogP contribution is -2.06. The number of phenolic OH excluding ortho intramolecular Hbond substituents is 2. The number of benzene rings is 3. The van der Waals surface area contributed by atoms with E-state index in [1.807, 2.05) is 0 Å². The van der Waals surface area contributed by atoms with Crippen molar-refractivity contribution in [3.63, 3.8) is 0 Å². The van der Waals surface area contributed by atoms with E-state index in [9.17, 15) is 29.3 Å². The zero-order valence-corrected chi connectivity index (χ0v) is 19.4. The number of carbonyl (C=O) groups excluding carboxylic acids is 1. The minimum atomic E-state index is -1.78. The summed E-state index contributed by atoms with van der Waals surface area (Å²) < 4.78 is 30.3. The maximum absolute atomic E-state index is 14.9. The summed E-state index contributed by atoms with van der Waals surface area (Å²) in [5.74, 6) is -3.88. The average molecular weight is 494 g/mol. The number of esters is 1. The number of ether oxygens (including phenoxy) is 3. The number of carboxylic acids is 1. The Bertz CT molecular complexity index is 1340. The molecular weight excluding hydrogens is 471 g/mol. The van der Waals surface area contributed by atoms with Gasteiger partial charge in [-0.2, -0.15) is 4.39 Å². The molecule has 3 aromatic rings. The van der Waals surface area contributed by atoms with Crippen molar-refractivity contribution in [1.82, 2.24) is 0 Å². The molecule has 0 aliphatic heterocycles. The monoisotopic (exact) mass is 494 g/mol. The van der Waals surface area contributed by atoms with Crippen molar-refractivity contribution < 1.29 is 43.5 Å². The third-order valence-corrected chi connectivity index (χ3v) is 5.15. The van der Waals surface area contributed by atoms with Gasteiger partial charge in [-0.05, 0) is 52.6 Å². The van der Waals surface area contributed by atoms with Crippen LogP contribution in [-0.4, -0.2) is 41.5 Å². The number of rotatable bonds is 9. The van der Waals surface area contributed by atoms with Crippen molar-refractivity contribution >= 4 is 23.6 Å². The molecule has 0 aliphatic rings. The van der Waals surface area contributed by atoms with Crippen LogP contribution < -0.4 is 9.47 Å². The Hall–Kier alpha value is -4.79. The molecule has 8 nitrogen and oxygen atoms in total. The summed E-state index contributed by atoms with van der Waals surface area (Å²) in [7, 11) is 2.71. The van der Waals surface area contributed by atoms with Gasteiger partial charge in [0.25, 0.3) is 0 Å². The molecule has 0 saturated carbocycles. The van der Waals surface area contributed by atoms with E-state index in [1.54, 1.807) is 24.3 Å². The number of methoxy groups -OCH3 is 2. The fourth-order valence-electron chi connectivity index (χ4n) is 3.39. The van der Waals surface area contributed by atoms with E-state index in [-0.39, 0.29) is 46.3 Å². The van der Waals surface area contributed by atoms with E-state index < -0.39 is 17.8 Å². The molecule has 0 unspecified atom stereocenters. The molecule has 9 heteroatoms. The number of phenols is 2. The Morgan fingerprint density at radius 1 is 0.917 bits per heavy atom. The van der Waals surface area contributed by atoms with Crippen molar-refractivity contribution in [2.75, 3.05) is 14.2 Å². The lowest BCUT2D eigenvalue weighted by Gasteiger charge is -2.15. The standard InChI is InChI=1S/C27H23FO8/c1-34-22-13-16(7-10-20(22)29)8-12-24(31)36-15-18-5-3-4-6-19(18)25(26(28)27(32)33)17-9-11-21(30)23(14-17)35-2/h3-14,29-30H,15H2,1-2H3,(H,32,33)/b12-8+,26-25+. The molecule has 0 amide bonds. The lowest BCUT2D eigenvalue weighted by atomic mass is 9.93. The summed E-state index contributed by atoms with van der Waals surface area (Å²) in [6.45, 7) is -0.274. The Kier molecular flexibility index (Phi) is 8.30. The third kappa shape index (κ3) is 6.01. The Morgan fingerprint density at radius 2 is 1.56 bits per heavy atom. The van der Waals surface area contributed by atoms with Crippen LogP contribution in [0.4, 0.5) is 4.39 Å². The number of carbonyl (C=O) groups is 2. The number of hydrogen-bond donors (Lipinski definition) is 3. The van der Waals surface area contributed by atoms with Gasteiger partial charge in [0.15, 0.2) is 23.0 Å². The minimum Gasteiger partial charge on any atom is -0.504 e. The molecule has 0 aromatic heterocycles. The van der Waals surface area contributed by atoms with Crippen molar-refractivity contribution in [3.05, 3.63) is 94.8 Å². The normalized spacial score (nSPS) is 11.6. The largest absolute Gasteiger partial charge is 0.504 e. The Morgan fingerprint density at radius 3 is 2.22 bits per heavy atom. The summed E-state index contributed by atoms with van der Waals surface area (Å²) in [6.07, 6.45) is 2.64. The first-order chi connectivity index (χ1) is 17.2. The van der Waals surface area contributed by atoms with Crippen LogP contribution in [0.15, 0.2) is 72.6 Å². The van der Waals surface area contributed by atoms with Gasteiger partial charge in [-0.25, -0.2) is 9.59 Å². The van der Waals surface area contributed by atoms with Crippen LogP contribution >= 0.6 is 0 Å². The smallest absolute Gasteiger partial charge is 0.365 e. The number of carboxylic acid groups (broad SMARTS) is 1. The van der Waals surface area contributed by atoms with Crippen molar-refractivity contribution in [2.45, 2.75) is 6.61 Å². The van der Waals surface area contributed by atoms with Crippen LogP contribution in [-0.2, 0) is 20.9 Å². The van der Waals surface area contributed by atoms with Crippen molar-refractivity contribution in [2.24, 2.45) is 0 Å².